The number of benzene rings is 1. The van der Waals surface area contributed by atoms with Gasteiger partial charge in [-0.3, -0.25) is 4.68 Å². The summed E-state index contributed by atoms with van der Waals surface area (Å²) in [5, 5.41) is 13.0. The second kappa shape index (κ2) is 4.51. The molecule has 7 heteroatoms. The number of sulfone groups is 1. The van der Waals surface area contributed by atoms with E-state index in [0.29, 0.717) is 11.3 Å². The van der Waals surface area contributed by atoms with Crippen molar-refractivity contribution in [2.45, 2.75) is 4.90 Å². The van der Waals surface area contributed by atoms with Crippen molar-refractivity contribution in [1.82, 2.24) is 9.78 Å². The third-order valence-electron chi connectivity index (χ3n) is 2.68. The average Bonchev–Trinajstić information content (AvgIpc) is 2.70. The normalized spacial score (nSPS) is 11.5. The summed E-state index contributed by atoms with van der Waals surface area (Å²) >= 11 is 0. The van der Waals surface area contributed by atoms with Crippen molar-refractivity contribution in [2.75, 3.05) is 6.26 Å². The molecule has 1 heterocycles. The summed E-state index contributed by atoms with van der Waals surface area (Å²) in [6, 6.07) is 7.59. The average molecular weight is 280 g/mol. The minimum atomic E-state index is -3.24. The van der Waals surface area contributed by atoms with Gasteiger partial charge in [-0.05, 0) is 18.2 Å². The van der Waals surface area contributed by atoms with Crippen LogP contribution in [0.25, 0.3) is 11.3 Å². The van der Waals surface area contributed by atoms with Crippen LogP contribution in [0.2, 0.25) is 0 Å². The maximum absolute atomic E-state index is 11.3. The molecule has 0 saturated carbocycles. The third-order valence-corrected chi connectivity index (χ3v) is 3.81. The summed E-state index contributed by atoms with van der Waals surface area (Å²) in [5.41, 5.74) is 1.22. The van der Waals surface area contributed by atoms with Gasteiger partial charge in [-0.15, -0.1) is 0 Å². The van der Waals surface area contributed by atoms with Crippen molar-refractivity contribution in [3.05, 3.63) is 36.0 Å². The van der Waals surface area contributed by atoms with Crippen LogP contribution in [0.1, 0.15) is 10.5 Å². The van der Waals surface area contributed by atoms with Gasteiger partial charge in [-0.2, -0.15) is 5.10 Å². The Kier molecular flexibility index (Phi) is 3.15. The molecule has 6 nitrogen and oxygen atoms in total. The van der Waals surface area contributed by atoms with Crippen molar-refractivity contribution < 1.29 is 18.3 Å². The van der Waals surface area contributed by atoms with Crippen LogP contribution in [0.5, 0.6) is 0 Å². The lowest BCUT2D eigenvalue weighted by Gasteiger charge is -1.99. The number of aryl methyl sites for hydroxylation is 1. The molecular formula is C12H12N2O4S. The van der Waals surface area contributed by atoms with Gasteiger partial charge < -0.3 is 5.11 Å². The number of carboxylic acid groups (broad SMARTS) is 1. The predicted octanol–water partition coefficient (Wildman–Crippen LogP) is 1.19. The maximum Gasteiger partial charge on any atom is 0.354 e. The summed E-state index contributed by atoms with van der Waals surface area (Å²) in [6.45, 7) is 0. The van der Waals surface area contributed by atoms with Gasteiger partial charge in [-0.1, -0.05) is 12.1 Å². The molecule has 100 valence electrons. The number of carbonyl (C=O) groups is 1. The van der Waals surface area contributed by atoms with Gasteiger partial charge in [0.05, 0.1) is 10.6 Å². The van der Waals surface area contributed by atoms with Crippen LogP contribution in [0.3, 0.4) is 0 Å². The molecule has 1 aromatic heterocycles. The van der Waals surface area contributed by atoms with Gasteiger partial charge in [0.15, 0.2) is 9.84 Å². The minimum absolute atomic E-state index is 0.0715. The summed E-state index contributed by atoms with van der Waals surface area (Å²) in [7, 11) is -1.70. The molecule has 0 unspecified atom stereocenters. The van der Waals surface area contributed by atoms with E-state index in [1.54, 1.807) is 12.1 Å². The molecule has 1 N–H and O–H groups in total. The van der Waals surface area contributed by atoms with Gasteiger partial charge in [0.25, 0.3) is 0 Å². The number of hydrogen-bond donors (Lipinski definition) is 1. The molecule has 2 rings (SSSR count). The first-order chi connectivity index (χ1) is 8.79. The molecule has 0 aliphatic heterocycles. The topological polar surface area (TPSA) is 89.3 Å². The standard InChI is InChI=1S/C12H12N2O4S/c1-14-11(12(15)16)7-10(13-14)8-3-5-9(6-4-8)19(2,17)18/h3-7H,1-2H3,(H,15,16). The summed E-state index contributed by atoms with van der Waals surface area (Å²) in [6.07, 6.45) is 1.13. The van der Waals surface area contributed by atoms with E-state index in [9.17, 15) is 13.2 Å². The molecular weight excluding hydrogens is 268 g/mol. The van der Waals surface area contributed by atoms with E-state index in [0.717, 1.165) is 6.26 Å². The molecule has 2 aromatic rings. The van der Waals surface area contributed by atoms with E-state index < -0.39 is 15.8 Å². The number of rotatable bonds is 3. The SMILES string of the molecule is Cn1nc(-c2ccc(S(C)(=O)=O)cc2)cc1C(=O)O. The molecule has 0 amide bonds. The molecule has 0 fully saturated rings. The lowest BCUT2D eigenvalue weighted by atomic mass is 10.1. The van der Waals surface area contributed by atoms with E-state index in [2.05, 4.69) is 5.10 Å². The molecule has 0 spiro atoms. The molecule has 0 radical (unpaired) electrons. The first-order valence-electron chi connectivity index (χ1n) is 5.37. The minimum Gasteiger partial charge on any atom is -0.477 e. The molecule has 0 saturated heterocycles. The number of hydrogen-bond acceptors (Lipinski definition) is 4. The molecule has 0 atom stereocenters. The van der Waals surface area contributed by atoms with Crippen LogP contribution < -0.4 is 0 Å². The van der Waals surface area contributed by atoms with E-state index in [1.807, 2.05) is 0 Å². The maximum atomic E-state index is 11.3. The quantitative estimate of drug-likeness (QED) is 0.912. The number of nitrogens with zero attached hydrogens (tertiary/aromatic N) is 2. The van der Waals surface area contributed by atoms with E-state index >= 15 is 0 Å². The summed E-state index contributed by atoms with van der Waals surface area (Å²) in [5.74, 6) is -1.06. The lowest BCUT2D eigenvalue weighted by molar-refractivity contribution is 0.0685. The van der Waals surface area contributed by atoms with Gasteiger partial charge in [-0.25, -0.2) is 13.2 Å². The van der Waals surface area contributed by atoms with Crippen molar-refractivity contribution in [3.8, 4) is 11.3 Å². The molecule has 1 aromatic carbocycles. The van der Waals surface area contributed by atoms with Crippen LogP contribution in [-0.4, -0.2) is 35.5 Å². The number of carboxylic acids is 1. The predicted molar refractivity (Wildman–Crippen MR) is 68.7 cm³/mol. The number of aromatic carboxylic acids is 1. The Hall–Kier alpha value is -2.15. The first-order valence-corrected chi connectivity index (χ1v) is 7.26. The largest absolute Gasteiger partial charge is 0.477 e. The zero-order chi connectivity index (χ0) is 14.2. The zero-order valence-corrected chi connectivity index (χ0v) is 11.2. The molecule has 19 heavy (non-hydrogen) atoms. The fourth-order valence-corrected chi connectivity index (χ4v) is 2.31. The Morgan fingerprint density at radius 3 is 2.26 bits per heavy atom. The highest BCUT2D eigenvalue weighted by atomic mass is 32.2. The highest BCUT2D eigenvalue weighted by molar-refractivity contribution is 7.90. The third kappa shape index (κ3) is 2.65. The van der Waals surface area contributed by atoms with Crippen LogP contribution in [0.15, 0.2) is 35.2 Å². The highest BCUT2D eigenvalue weighted by Crippen LogP contribution is 2.21. The number of aromatic nitrogens is 2. The van der Waals surface area contributed by atoms with Crippen molar-refractivity contribution in [2.24, 2.45) is 7.05 Å². The first kappa shape index (κ1) is 13.3. The second-order valence-electron chi connectivity index (χ2n) is 4.14. The van der Waals surface area contributed by atoms with Crippen LogP contribution in [-0.2, 0) is 16.9 Å². The van der Waals surface area contributed by atoms with Crippen molar-refractivity contribution in [1.29, 1.82) is 0 Å². The van der Waals surface area contributed by atoms with Crippen LogP contribution >= 0.6 is 0 Å². The van der Waals surface area contributed by atoms with Crippen LogP contribution in [0, 0.1) is 0 Å². The van der Waals surface area contributed by atoms with E-state index in [4.69, 9.17) is 5.11 Å². The monoisotopic (exact) mass is 280 g/mol. The fourth-order valence-electron chi connectivity index (χ4n) is 1.68. The van der Waals surface area contributed by atoms with Gasteiger partial charge in [0, 0.05) is 18.9 Å². The highest BCUT2D eigenvalue weighted by Gasteiger charge is 2.13. The smallest absolute Gasteiger partial charge is 0.354 e. The summed E-state index contributed by atoms with van der Waals surface area (Å²) in [4.78, 5) is 11.1. The molecule has 0 aliphatic carbocycles. The Labute approximate surface area is 110 Å². The molecule has 0 bridgehead atoms. The van der Waals surface area contributed by atoms with E-state index in [1.165, 1.54) is 29.9 Å². The van der Waals surface area contributed by atoms with Crippen molar-refractivity contribution >= 4 is 15.8 Å². The zero-order valence-electron chi connectivity index (χ0n) is 10.4. The Morgan fingerprint density at radius 1 is 1.26 bits per heavy atom. The van der Waals surface area contributed by atoms with Gasteiger partial charge in [0.2, 0.25) is 0 Å². The lowest BCUT2D eigenvalue weighted by Crippen LogP contribution is -2.04. The Balaban J connectivity index is 2.43. The van der Waals surface area contributed by atoms with Crippen molar-refractivity contribution in [3.63, 3.8) is 0 Å². The molecule has 0 aliphatic rings. The second-order valence-corrected chi connectivity index (χ2v) is 6.16. The fraction of sp³-hybridized carbons (Fsp3) is 0.167. The van der Waals surface area contributed by atoms with Gasteiger partial charge >= 0.3 is 5.97 Å². The van der Waals surface area contributed by atoms with Crippen LogP contribution in [0.4, 0.5) is 0 Å². The summed E-state index contributed by atoms with van der Waals surface area (Å²) < 4.78 is 23.9. The Bertz CT molecular complexity index is 730. The van der Waals surface area contributed by atoms with E-state index in [-0.39, 0.29) is 10.6 Å². The Morgan fingerprint density at radius 2 is 1.84 bits per heavy atom. The van der Waals surface area contributed by atoms with Gasteiger partial charge in [0.1, 0.15) is 5.69 Å².